The molecule has 0 bridgehead atoms. The topological polar surface area (TPSA) is 38.0 Å². The zero-order chi connectivity index (χ0) is 11.1. The molecule has 0 aromatic heterocycles. The summed E-state index contributed by atoms with van der Waals surface area (Å²) in [6, 6.07) is 6.89. The van der Waals surface area contributed by atoms with Crippen LogP contribution in [0.4, 0.5) is 4.39 Å². The third-order valence-corrected chi connectivity index (χ3v) is 2.54. The van der Waals surface area contributed by atoms with Gasteiger partial charge in [0.15, 0.2) is 0 Å². The van der Waals surface area contributed by atoms with Crippen LogP contribution in [0.2, 0.25) is 0 Å². The van der Waals surface area contributed by atoms with Crippen molar-refractivity contribution in [2.75, 3.05) is 0 Å². The minimum Gasteiger partial charge on any atom is -0.271 e. The quantitative estimate of drug-likeness (QED) is 0.559. The van der Waals surface area contributed by atoms with Crippen LogP contribution in [0.1, 0.15) is 31.7 Å². The number of hydrogen-bond acceptors (Lipinski definition) is 2. The second-order valence-electron chi connectivity index (χ2n) is 3.84. The maximum Gasteiger partial charge on any atom is 0.123 e. The first-order valence-electron chi connectivity index (χ1n) is 5.46. The van der Waals surface area contributed by atoms with Gasteiger partial charge in [-0.2, -0.15) is 0 Å². The Bertz CT molecular complexity index is 271. The number of nitrogens with two attached hydrogens (primary N) is 1. The zero-order valence-electron chi connectivity index (χ0n) is 9.17. The molecule has 0 spiro atoms. The third kappa shape index (κ3) is 4.40. The van der Waals surface area contributed by atoms with Crippen molar-refractivity contribution in [3.05, 3.63) is 35.6 Å². The Morgan fingerprint density at radius 2 is 2.00 bits per heavy atom. The van der Waals surface area contributed by atoms with Crippen LogP contribution in [-0.4, -0.2) is 6.04 Å². The molecule has 84 valence electrons. The van der Waals surface area contributed by atoms with E-state index < -0.39 is 0 Å². The lowest BCUT2D eigenvalue weighted by Gasteiger charge is -2.15. The first-order valence-corrected chi connectivity index (χ1v) is 5.46. The highest BCUT2D eigenvalue weighted by Gasteiger charge is 2.06. The summed E-state index contributed by atoms with van der Waals surface area (Å²) in [6.45, 7) is 2.16. The van der Waals surface area contributed by atoms with Gasteiger partial charge in [-0.25, -0.2) is 4.39 Å². The first-order chi connectivity index (χ1) is 7.26. The van der Waals surface area contributed by atoms with Crippen molar-refractivity contribution < 1.29 is 4.39 Å². The van der Waals surface area contributed by atoms with Crippen molar-refractivity contribution in [2.45, 2.75) is 38.6 Å². The summed E-state index contributed by atoms with van der Waals surface area (Å²) in [7, 11) is 0. The summed E-state index contributed by atoms with van der Waals surface area (Å²) < 4.78 is 12.7. The summed E-state index contributed by atoms with van der Waals surface area (Å²) >= 11 is 0. The Labute approximate surface area is 90.6 Å². The Morgan fingerprint density at radius 1 is 1.33 bits per heavy atom. The minimum atomic E-state index is -0.190. The maximum atomic E-state index is 12.7. The normalized spacial score (nSPS) is 12.7. The highest BCUT2D eigenvalue weighted by atomic mass is 19.1. The van der Waals surface area contributed by atoms with Crippen LogP contribution < -0.4 is 11.3 Å². The van der Waals surface area contributed by atoms with Gasteiger partial charge in [0.05, 0.1) is 0 Å². The highest BCUT2D eigenvalue weighted by Crippen LogP contribution is 2.09. The summed E-state index contributed by atoms with van der Waals surface area (Å²) in [5.41, 5.74) is 3.93. The molecule has 0 saturated carbocycles. The largest absolute Gasteiger partial charge is 0.271 e. The summed E-state index contributed by atoms with van der Waals surface area (Å²) in [5, 5.41) is 0. The maximum absolute atomic E-state index is 12.7. The van der Waals surface area contributed by atoms with Crippen LogP contribution in [0.15, 0.2) is 24.3 Å². The molecule has 0 radical (unpaired) electrons. The van der Waals surface area contributed by atoms with Crippen LogP contribution in [0.3, 0.4) is 0 Å². The van der Waals surface area contributed by atoms with E-state index in [1.54, 1.807) is 0 Å². The second kappa shape index (κ2) is 6.53. The number of hydrogen-bond donors (Lipinski definition) is 2. The molecule has 1 unspecified atom stereocenters. The molecular weight excluding hydrogens is 191 g/mol. The van der Waals surface area contributed by atoms with Crippen molar-refractivity contribution in [3.8, 4) is 0 Å². The van der Waals surface area contributed by atoms with Gasteiger partial charge in [0.1, 0.15) is 5.82 Å². The fourth-order valence-electron chi connectivity index (χ4n) is 1.60. The predicted molar refractivity (Wildman–Crippen MR) is 60.7 cm³/mol. The lowest BCUT2D eigenvalue weighted by atomic mass is 10.0. The smallest absolute Gasteiger partial charge is 0.123 e. The van der Waals surface area contributed by atoms with Gasteiger partial charge in [-0.15, -0.1) is 0 Å². The molecule has 0 saturated heterocycles. The van der Waals surface area contributed by atoms with Crippen molar-refractivity contribution in [1.29, 1.82) is 0 Å². The van der Waals surface area contributed by atoms with Crippen molar-refractivity contribution in [3.63, 3.8) is 0 Å². The lowest BCUT2D eigenvalue weighted by molar-refractivity contribution is 0.473. The molecule has 1 aromatic carbocycles. The van der Waals surface area contributed by atoms with E-state index in [0.717, 1.165) is 24.8 Å². The minimum absolute atomic E-state index is 0.190. The summed E-state index contributed by atoms with van der Waals surface area (Å²) in [6.07, 6.45) is 4.25. The molecule has 3 heteroatoms. The van der Waals surface area contributed by atoms with Gasteiger partial charge in [0.2, 0.25) is 0 Å². The van der Waals surface area contributed by atoms with E-state index in [1.807, 2.05) is 12.1 Å². The van der Waals surface area contributed by atoms with Gasteiger partial charge >= 0.3 is 0 Å². The van der Waals surface area contributed by atoms with E-state index in [-0.39, 0.29) is 11.9 Å². The van der Waals surface area contributed by atoms with Crippen LogP contribution >= 0.6 is 0 Å². The molecule has 3 N–H and O–H groups in total. The van der Waals surface area contributed by atoms with Gasteiger partial charge in [-0.05, 0) is 30.5 Å². The van der Waals surface area contributed by atoms with E-state index >= 15 is 0 Å². The Hall–Kier alpha value is -0.930. The highest BCUT2D eigenvalue weighted by molar-refractivity contribution is 5.17. The molecule has 15 heavy (non-hydrogen) atoms. The van der Waals surface area contributed by atoms with E-state index in [9.17, 15) is 4.39 Å². The van der Waals surface area contributed by atoms with E-state index in [4.69, 9.17) is 5.84 Å². The van der Waals surface area contributed by atoms with Gasteiger partial charge in [0.25, 0.3) is 0 Å². The fourth-order valence-corrected chi connectivity index (χ4v) is 1.60. The Balaban J connectivity index is 2.47. The number of unbranched alkanes of at least 4 members (excludes halogenated alkanes) is 1. The summed E-state index contributed by atoms with van der Waals surface area (Å²) in [4.78, 5) is 0. The van der Waals surface area contributed by atoms with E-state index in [1.165, 1.54) is 18.6 Å². The predicted octanol–water partition coefficient (Wildman–Crippen LogP) is 2.39. The van der Waals surface area contributed by atoms with E-state index in [2.05, 4.69) is 12.3 Å². The van der Waals surface area contributed by atoms with Gasteiger partial charge in [-0.3, -0.25) is 11.3 Å². The van der Waals surface area contributed by atoms with E-state index in [0.29, 0.717) is 0 Å². The SMILES string of the molecule is CCCCC(Cc1ccc(F)cc1)NN. The Morgan fingerprint density at radius 3 is 2.53 bits per heavy atom. The molecule has 0 amide bonds. The van der Waals surface area contributed by atoms with Gasteiger partial charge in [0, 0.05) is 6.04 Å². The average molecular weight is 210 g/mol. The van der Waals surface area contributed by atoms with Crippen LogP contribution in [0, 0.1) is 5.82 Å². The van der Waals surface area contributed by atoms with Gasteiger partial charge < -0.3 is 0 Å². The van der Waals surface area contributed by atoms with Crippen molar-refractivity contribution >= 4 is 0 Å². The van der Waals surface area contributed by atoms with Crippen LogP contribution in [-0.2, 0) is 6.42 Å². The average Bonchev–Trinajstić information content (AvgIpc) is 2.27. The molecule has 1 atom stereocenters. The standard InChI is InChI=1S/C12H19FN2/c1-2-3-4-12(15-14)9-10-5-7-11(13)8-6-10/h5-8,12,15H,2-4,9,14H2,1H3. The molecule has 1 aromatic rings. The van der Waals surface area contributed by atoms with Crippen LogP contribution in [0.25, 0.3) is 0 Å². The molecule has 0 aliphatic carbocycles. The Kier molecular flexibility index (Phi) is 5.29. The molecule has 0 aliphatic rings. The summed E-state index contributed by atoms with van der Waals surface area (Å²) in [5.74, 6) is 5.28. The first kappa shape index (κ1) is 12.1. The lowest BCUT2D eigenvalue weighted by Crippen LogP contribution is -2.36. The molecule has 0 aliphatic heterocycles. The second-order valence-corrected chi connectivity index (χ2v) is 3.84. The van der Waals surface area contributed by atoms with Crippen molar-refractivity contribution in [1.82, 2.24) is 5.43 Å². The monoisotopic (exact) mass is 210 g/mol. The molecule has 1 rings (SSSR count). The number of hydrazine groups is 1. The zero-order valence-corrected chi connectivity index (χ0v) is 9.17. The molecule has 0 heterocycles. The fraction of sp³-hybridized carbons (Fsp3) is 0.500. The van der Waals surface area contributed by atoms with Crippen LogP contribution in [0.5, 0.6) is 0 Å². The van der Waals surface area contributed by atoms with Gasteiger partial charge in [-0.1, -0.05) is 31.9 Å². The third-order valence-electron chi connectivity index (χ3n) is 2.54. The number of nitrogens with one attached hydrogen (secondary N) is 1. The molecular formula is C12H19FN2. The van der Waals surface area contributed by atoms with Crippen molar-refractivity contribution in [2.24, 2.45) is 5.84 Å². The molecule has 2 nitrogen and oxygen atoms in total. The molecule has 0 fully saturated rings. The number of rotatable bonds is 6. The number of halogens is 1. The number of benzene rings is 1.